The summed E-state index contributed by atoms with van der Waals surface area (Å²) in [5, 5.41) is 9.83. The van der Waals surface area contributed by atoms with Gasteiger partial charge in [0.05, 0.1) is 23.6 Å². The maximum Gasteiger partial charge on any atom is 0.297 e. The summed E-state index contributed by atoms with van der Waals surface area (Å²) in [5.74, 6) is 0.300. The Balaban J connectivity index is 1.80. The van der Waals surface area contributed by atoms with Crippen LogP contribution in [0.3, 0.4) is 0 Å². The first-order valence-corrected chi connectivity index (χ1v) is 10.7. The van der Waals surface area contributed by atoms with Crippen molar-refractivity contribution in [1.82, 2.24) is 10.2 Å². The van der Waals surface area contributed by atoms with Crippen LogP contribution in [0.4, 0.5) is 5.13 Å². The van der Waals surface area contributed by atoms with Crippen LogP contribution >= 0.6 is 11.3 Å². The highest BCUT2D eigenvalue weighted by Crippen LogP contribution is 2.42. The van der Waals surface area contributed by atoms with Gasteiger partial charge in [0.1, 0.15) is 16.3 Å². The highest BCUT2D eigenvalue weighted by atomic mass is 32.1. The van der Waals surface area contributed by atoms with Crippen molar-refractivity contribution in [2.75, 3.05) is 11.5 Å². The molecular weight excluding hydrogens is 414 g/mol. The van der Waals surface area contributed by atoms with Gasteiger partial charge in [0.2, 0.25) is 10.9 Å². The van der Waals surface area contributed by atoms with Gasteiger partial charge in [-0.05, 0) is 50.6 Å². The van der Waals surface area contributed by atoms with E-state index in [0.717, 1.165) is 16.1 Å². The van der Waals surface area contributed by atoms with Crippen LogP contribution in [0.5, 0.6) is 5.75 Å². The molecule has 0 radical (unpaired) electrons. The Hall–Kier alpha value is -3.52. The normalized spacial score (nSPS) is 15.5. The number of aromatic nitrogens is 2. The van der Waals surface area contributed by atoms with Crippen LogP contribution in [-0.4, -0.2) is 22.7 Å². The predicted octanol–water partition coefficient (Wildman–Crippen LogP) is 4.41. The van der Waals surface area contributed by atoms with Gasteiger partial charge in [0, 0.05) is 0 Å². The van der Waals surface area contributed by atoms with E-state index in [0.29, 0.717) is 34.0 Å². The number of amides is 1. The van der Waals surface area contributed by atoms with Crippen molar-refractivity contribution in [3.63, 3.8) is 0 Å². The van der Waals surface area contributed by atoms with Crippen LogP contribution in [0, 0.1) is 13.8 Å². The van der Waals surface area contributed by atoms with Crippen LogP contribution < -0.4 is 15.1 Å². The molecule has 0 aliphatic carbocycles. The maximum absolute atomic E-state index is 13.6. The van der Waals surface area contributed by atoms with E-state index in [1.807, 2.05) is 51.1 Å². The molecule has 0 saturated heterocycles. The van der Waals surface area contributed by atoms with Crippen LogP contribution in [0.2, 0.25) is 0 Å². The molecule has 31 heavy (non-hydrogen) atoms. The molecule has 1 aliphatic heterocycles. The first-order valence-electron chi connectivity index (χ1n) is 9.91. The molecular formula is C23H19N3O4S. The molecule has 4 aromatic rings. The summed E-state index contributed by atoms with van der Waals surface area (Å²) in [6.07, 6.45) is 0. The zero-order valence-corrected chi connectivity index (χ0v) is 18.0. The van der Waals surface area contributed by atoms with Crippen molar-refractivity contribution < 1.29 is 13.9 Å². The van der Waals surface area contributed by atoms with Crippen LogP contribution in [0.15, 0.2) is 51.7 Å². The lowest BCUT2D eigenvalue weighted by atomic mass is 9.98. The Morgan fingerprint density at radius 3 is 2.71 bits per heavy atom. The standard InChI is InChI=1S/C23H19N3O4S/c1-4-29-15-7-5-6-14(11-15)19-18-20(27)16-10-12(2)8-9-17(16)30-21(18)22(28)26(19)23-25-24-13(3)31-23/h5-11,19H,4H2,1-3H3/t19-/m1/s1. The van der Waals surface area contributed by atoms with Gasteiger partial charge in [-0.3, -0.25) is 14.5 Å². The second kappa shape index (κ2) is 7.31. The largest absolute Gasteiger partial charge is 0.494 e. The average molecular weight is 433 g/mol. The molecule has 5 rings (SSSR count). The molecule has 156 valence electrons. The number of anilines is 1. The zero-order chi connectivity index (χ0) is 21.7. The van der Waals surface area contributed by atoms with Gasteiger partial charge in [0.15, 0.2) is 5.43 Å². The number of nitrogens with zero attached hydrogens (tertiary/aromatic N) is 3. The molecule has 2 aromatic heterocycles. The maximum atomic E-state index is 13.6. The van der Waals surface area contributed by atoms with Gasteiger partial charge in [-0.25, -0.2) is 0 Å². The molecule has 1 atom stereocenters. The van der Waals surface area contributed by atoms with Gasteiger partial charge >= 0.3 is 0 Å². The van der Waals surface area contributed by atoms with E-state index in [9.17, 15) is 9.59 Å². The summed E-state index contributed by atoms with van der Waals surface area (Å²) in [6.45, 7) is 6.14. The number of aryl methyl sites for hydroxylation is 2. The number of ether oxygens (including phenoxy) is 1. The molecule has 0 bridgehead atoms. The van der Waals surface area contributed by atoms with E-state index >= 15 is 0 Å². The van der Waals surface area contributed by atoms with Gasteiger partial charge in [-0.2, -0.15) is 0 Å². The second-order valence-corrected chi connectivity index (χ2v) is 8.52. The smallest absolute Gasteiger partial charge is 0.297 e. The van der Waals surface area contributed by atoms with Crippen molar-refractivity contribution in [3.05, 3.63) is 80.1 Å². The molecule has 1 amide bonds. The Morgan fingerprint density at radius 2 is 1.97 bits per heavy atom. The number of hydrogen-bond acceptors (Lipinski definition) is 7. The molecule has 3 heterocycles. The fraction of sp³-hybridized carbons (Fsp3) is 0.217. The van der Waals surface area contributed by atoms with E-state index in [2.05, 4.69) is 10.2 Å². The predicted molar refractivity (Wildman–Crippen MR) is 118 cm³/mol. The minimum Gasteiger partial charge on any atom is -0.494 e. The van der Waals surface area contributed by atoms with Crippen molar-refractivity contribution in [2.24, 2.45) is 0 Å². The zero-order valence-electron chi connectivity index (χ0n) is 17.2. The van der Waals surface area contributed by atoms with Gasteiger partial charge in [0.25, 0.3) is 5.91 Å². The highest BCUT2D eigenvalue weighted by molar-refractivity contribution is 7.15. The Morgan fingerprint density at radius 1 is 1.13 bits per heavy atom. The summed E-state index contributed by atoms with van der Waals surface area (Å²) in [5.41, 5.74) is 2.16. The van der Waals surface area contributed by atoms with Crippen LogP contribution in [0.1, 0.15) is 45.2 Å². The summed E-state index contributed by atoms with van der Waals surface area (Å²) < 4.78 is 11.6. The third-order valence-corrected chi connectivity index (χ3v) is 6.07. The summed E-state index contributed by atoms with van der Waals surface area (Å²) in [4.78, 5) is 28.6. The van der Waals surface area contributed by atoms with Crippen molar-refractivity contribution in [2.45, 2.75) is 26.8 Å². The second-order valence-electron chi connectivity index (χ2n) is 7.36. The Labute approximate surface area is 181 Å². The van der Waals surface area contributed by atoms with Gasteiger partial charge < -0.3 is 9.15 Å². The molecule has 7 nitrogen and oxygen atoms in total. The summed E-state index contributed by atoms with van der Waals surface area (Å²) in [7, 11) is 0. The third-order valence-electron chi connectivity index (χ3n) is 5.23. The molecule has 0 saturated carbocycles. The van der Waals surface area contributed by atoms with Crippen molar-refractivity contribution in [1.29, 1.82) is 0 Å². The van der Waals surface area contributed by atoms with Crippen molar-refractivity contribution in [3.8, 4) is 5.75 Å². The minimum absolute atomic E-state index is 0.0426. The third kappa shape index (κ3) is 3.11. The number of carbonyl (C=O) groups excluding carboxylic acids is 1. The van der Waals surface area contributed by atoms with E-state index in [4.69, 9.17) is 9.15 Å². The molecule has 2 aromatic carbocycles. The SMILES string of the molecule is CCOc1cccc([C@@H]2c3c(oc4ccc(C)cc4c3=O)C(=O)N2c2nnc(C)s2)c1. The fourth-order valence-corrected chi connectivity index (χ4v) is 4.64. The summed E-state index contributed by atoms with van der Waals surface area (Å²) >= 11 is 1.29. The Kier molecular flexibility index (Phi) is 4.59. The number of rotatable bonds is 4. The quantitative estimate of drug-likeness (QED) is 0.474. The molecule has 0 N–H and O–H groups in total. The lowest BCUT2D eigenvalue weighted by molar-refractivity contribution is 0.0970. The van der Waals surface area contributed by atoms with E-state index in [1.54, 1.807) is 12.1 Å². The molecule has 1 aliphatic rings. The molecule has 0 fully saturated rings. The average Bonchev–Trinajstić information content (AvgIpc) is 3.30. The topological polar surface area (TPSA) is 85.5 Å². The van der Waals surface area contributed by atoms with Crippen LogP contribution in [0.25, 0.3) is 11.0 Å². The van der Waals surface area contributed by atoms with E-state index in [-0.39, 0.29) is 11.2 Å². The van der Waals surface area contributed by atoms with Gasteiger partial charge in [-0.15, -0.1) is 10.2 Å². The van der Waals surface area contributed by atoms with Gasteiger partial charge in [-0.1, -0.05) is 35.1 Å². The first-order chi connectivity index (χ1) is 15.0. The Bertz CT molecular complexity index is 1390. The van der Waals surface area contributed by atoms with Crippen molar-refractivity contribution >= 4 is 33.3 Å². The number of fused-ring (bicyclic) bond motifs is 2. The molecule has 8 heteroatoms. The van der Waals surface area contributed by atoms with Crippen LogP contribution in [-0.2, 0) is 0 Å². The highest BCUT2D eigenvalue weighted by Gasteiger charge is 2.45. The number of carbonyl (C=O) groups is 1. The minimum atomic E-state index is -0.684. The molecule has 0 spiro atoms. The monoisotopic (exact) mass is 433 g/mol. The van der Waals surface area contributed by atoms with E-state index < -0.39 is 11.9 Å². The lowest BCUT2D eigenvalue weighted by Gasteiger charge is -2.22. The molecule has 0 unspecified atom stereocenters. The number of benzene rings is 2. The number of hydrogen-bond donors (Lipinski definition) is 0. The first kappa shape index (κ1) is 19.4. The fourth-order valence-electron chi connectivity index (χ4n) is 3.92. The summed E-state index contributed by atoms with van der Waals surface area (Å²) in [6, 6.07) is 12.1. The van der Waals surface area contributed by atoms with E-state index in [1.165, 1.54) is 16.2 Å². The lowest BCUT2D eigenvalue weighted by Crippen LogP contribution is -2.29.